The lowest BCUT2D eigenvalue weighted by molar-refractivity contribution is 0.317. The second-order valence-corrected chi connectivity index (χ2v) is 4.51. The summed E-state index contributed by atoms with van der Waals surface area (Å²) in [4.78, 5) is 0. The van der Waals surface area contributed by atoms with Crippen molar-refractivity contribution in [3.05, 3.63) is 48.0 Å². The highest BCUT2D eigenvalue weighted by molar-refractivity contribution is 5.69. The fourth-order valence-corrected chi connectivity index (χ4v) is 1.94. The zero-order valence-electron chi connectivity index (χ0n) is 10.9. The average Bonchev–Trinajstić information content (AvgIpc) is 2.36. The van der Waals surface area contributed by atoms with E-state index in [1.165, 1.54) is 5.56 Å². The molecule has 18 heavy (non-hydrogen) atoms. The third-order valence-electron chi connectivity index (χ3n) is 2.76. The van der Waals surface area contributed by atoms with Gasteiger partial charge in [-0.1, -0.05) is 25.1 Å². The van der Waals surface area contributed by atoms with Crippen LogP contribution in [0.25, 0.3) is 11.1 Å². The van der Waals surface area contributed by atoms with Gasteiger partial charge in [0.1, 0.15) is 5.75 Å². The summed E-state index contributed by atoms with van der Waals surface area (Å²) in [5.74, 6) is 0.918. The molecular formula is C16H19NO. The average molecular weight is 241 g/mol. The number of hydrogen-bond donors (Lipinski definition) is 1. The van der Waals surface area contributed by atoms with Crippen LogP contribution in [0.1, 0.15) is 18.9 Å². The molecule has 0 fully saturated rings. The summed E-state index contributed by atoms with van der Waals surface area (Å²) in [6, 6.07) is 14.3. The van der Waals surface area contributed by atoms with Crippen molar-refractivity contribution in [2.24, 2.45) is 0 Å². The molecule has 0 spiro atoms. The second-order valence-electron chi connectivity index (χ2n) is 4.51. The minimum atomic E-state index is 0.761. The van der Waals surface area contributed by atoms with E-state index in [0.29, 0.717) is 0 Å². The predicted octanol–water partition coefficient (Wildman–Crippen LogP) is 4.03. The Morgan fingerprint density at radius 1 is 1.00 bits per heavy atom. The summed E-state index contributed by atoms with van der Waals surface area (Å²) in [5.41, 5.74) is 10.2. The smallest absolute Gasteiger partial charge is 0.119 e. The number of rotatable bonds is 4. The van der Waals surface area contributed by atoms with Crippen molar-refractivity contribution in [1.29, 1.82) is 0 Å². The van der Waals surface area contributed by atoms with Gasteiger partial charge in [-0.05, 0) is 54.3 Å². The van der Waals surface area contributed by atoms with Crippen LogP contribution in [0.4, 0.5) is 5.69 Å². The topological polar surface area (TPSA) is 35.2 Å². The fourth-order valence-electron chi connectivity index (χ4n) is 1.94. The van der Waals surface area contributed by atoms with Crippen molar-refractivity contribution in [3.63, 3.8) is 0 Å². The van der Waals surface area contributed by atoms with Gasteiger partial charge in [-0.3, -0.25) is 0 Å². The Hall–Kier alpha value is -1.96. The standard InChI is InChI=1S/C16H19NO/c1-3-8-18-16-6-4-13(5-7-16)14-9-12(2)10-15(17)11-14/h4-7,9-11H,3,8,17H2,1-2H3. The van der Waals surface area contributed by atoms with E-state index in [4.69, 9.17) is 10.5 Å². The van der Waals surface area contributed by atoms with Crippen LogP contribution in [-0.2, 0) is 0 Å². The molecule has 2 heteroatoms. The zero-order valence-corrected chi connectivity index (χ0v) is 10.9. The molecule has 0 saturated heterocycles. The maximum Gasteiger partial charge on any atom is 0.119 e. The van der Waals surface area contributed by atoms with Gasteiger partial charge >= 0.3 is 0 Å². The molecule has 2 aromatic carbocycles. The van der Waals surface area contributed by atoms with Crippen LogP contribution in [0.2, 0.25) is 0 Å². The molecule has 2 N–H and O–H groups in total. The van der Waals surface area contributed by atoms with Crippen LogP contribution in [0.5, 0.6) is 5.75 Å². The van der Waals surface area contributed by atoms with Gasteiger partial charge in [-0.25, -0.2) is 0 Å². The van der Waals surface area contributed by atoms with E-state index in [-0.39, 0.29) is 0 Å². The van der Waals surface area contributed by atoms with E-state index in [2.05, 4.69) is 32.0 Å². The molecule has 2 nitrogen and oxygen atoms in total. The van der Waals surface area contributed by atoms with E-state index >= 15 is 0 Å². The van der Waals surface area contributed by atoms with Crippen molar-refractivity contribution in [2.75, 3.05) is 12.3 Å². The number of ether oxygens (including phenoxy) is 1. The molecule has 0 aliphatic carbocycles. The Labute approximate surface area is 108 Å². The van der Waals surface area contributed by atoms with Gasteiger partial charge in [0.25, 0.3) is 0 Å². The van der Waals surface area contributed by atoms with Gasteiger partial charge < -0.3 is 10.5 Å². The quantitative estimate of drug-likeness (QED) is 0.820. The normalized spacial score (nSPS) is 10.3. The number of benzene rings is 2. The lowest BCUT2D eigenvalue weighted by atomic mass is 10.0. The summed E-state index contributed by atoms with van der Waals surface area (Å²) < 4.78 is 5.57. The molecule has 0 aliphatic heterocycles. The summed E-state index contributed by atoms with van der Waals surface area (Å²) >= 11 is 0. The maximum absolute atomic E-state index is 5.87. The first kappa shape index (κ1) is 12.5. The lowest BCUT2D eigenvalue weighted by Gasteiger charge is -2.07. The molecule has 0 atom stereocenters. The highest BCUT2D eigenvalue weighted by Gasteiger charge is 2.00. The molecule has 0 aromatic heterocycles. The molecule has 94 valence electrons. The molecule has 2 rings (SSSR count). The number of aryl methyl sites for hydroxylation is 1. The Kier molecular flexibility index (Phi) is 3.88. The van der Waals surface area contributed by atoms with Crippen molar-refractivity contribution in [1.82, 2.24) is 0 Å². The third-order valence-corrected chi connectivity index (χ3v) is 2.76. The fraction of sp³-hybridized carbons (Fsp3) is 0.250. The van der Waals surface area contributed by atoms with Gasteiger partial charge in [-0.15, -0.1) is 0 Å². The van der Waals surface area contributed by atoms with E-state index < -0.39 is 0 Å². The summed E-state index contributed by atoms with van der Waals surface area (Å²) in [6.45, 7) is 4.92. The van der Waals surface area contributed by atoms with Crippen LogP contribution in [-0.4, -0.2) is 6.61 Å². The lowest BCUT2D eigenvalue weighted by Crippen LogP contribution is -1.94. The van der Waals surface area contributed by atoms with E-state index in [9.17, 15) is 0 Å². The highest BCUT2D eigenvalue weighted by Crippen LogP contribution is 2.25. The van der Waals surface area contributed by atoms with E-state index in [0.717, 1.165) is 35.6 Å². The Morgan fingerprint density at radius 3 is 2.33 bits per heavy atom. The first-order valence-corrected chi connectivity index (χ1v) is 6.29. The molecule has 0 aliphatic rings. The summed E-state index contributed by atoms with van der Waals surface area (Å²) in [7, 11) is 0. The van der Waals surface area contributed by atoms with Gasteiger partial charge in [0.2, 0.25) is 0 Å². The summed E-state index contributed by atoms with van der Waals surface area (Å²) in [6.07, 6.45) is 1.02. The first-order valence-electron chi connectivity index (χ1n) is 6.29. The summed E-state index contributed by atoms with van der Waals surface area (Å²) in [5, 5.41) is 0. The first-order chi connectivity index (χ1) is 8.69. The molecule has 0 saturated carbocycles. The van der Waals surface area contributed by atoms with Crippen LogP contribution < -0.4 is 10.5 Å². The van der Waals surface area contributed by atoms with Crippen LogP contribution >= 0.6 is 0 Å². The maximum atomic E-state index is 5.87. The number of anilines is 1. The molecule has 0 heterocycles. The largest absolute Gasteiger partial charge is 0.494 e. The van der Waals surface area contributed by atoms with Crippen molar-refractivity contribution >= 4 is 5.69 Å². The van der Waals surface area contributed by atoms with Gasteiger partial charge in [0, 0.05) is 5.69 Å². The minimum Gasteiger partial charge on any atom is -0.494 e. The van der Waals surface area contributed by atoms with E-state index in [1.54, 1.807) is 0 Å². The molecule has 0 bridgehead atoms. The van der Waals surface area contributed by atoms with Gasteiger partial charge in [0.15, 0.2) is 0 Å². The van der Waals surface area contributed by atoms with Gasteiger partial charge in [0.05, 0.1) is 6.61 Å². The zero-order chi connectivity index (χ0) is 13.0. The highest BCUT2D eigenvalue weighted by atomic mass is 16.5. The SMILES string of the molecule is CCCOc1ccc(-c2cc(C)cc(N)c2)cc1. The van der Waals surface area contributed by atoms with Crippen molar-refractivity contribution in [3.8, 4) is 16.9 Å². The molecule has 0 unspecified atom stereocenters. The molecular weight excluding hydrogens is 222 g/mol. The third kappa shape index (κ3) is 3.04. The van der Waals surface area contributed by atoms with Crippen LogP contribution in [0.15, 0.2) is 42.5 Å². The van der Waals surface area contributed by atoms with Crippen molar-refractivity contribution in [2.45, 2.75) is 20.3 Å². The predicted molar refractivity (Wildman–Crippen MR) is 76.8 cm³/mol. The molecule has 0 amide bonds. The Balaban J connectivity index is 2.23. The number of hydrogen-bond acceptors (Lipinski definition) is 2. The van der Waals surface area contributed by atoms with E-state index in [1.807, 2.05) is 24.3 Å². The van der Waals surface area contributed by atoms with Crippen molar-refractivity contribution < 1.29 is 4.74 Å². The Bertz CT molecular complexity index is 497. The van der Waals surface area contributed by atoms with Gasteiger partial charge in [-0.2, -0.15) is 0 Å². The molecule has 0 radical (unpaired) electrons. The number of nitrogen functional groups attached to an aromatic ring is 1. The molecule has 2 aromatic rings. The number of nitrogens with two attached hydrogens (primary N) is 1. The monoisotopic (exact) mass is 241 g/mol. The van der Waals surface area contributed by atoms with Crippen LogP contribution in [0.3, 0.4) is 0 Å². The second kappa shape index (κ2) is 5.58. The van der Waals surface area contributed by atoms with Crippen LogP contribution in [0, 0.1) is 6.92 Å². The minimum absolute atomic E-state index is 0.761. The Morgan fingerprint density at radius 2 is 1.72 bits per heavy atom.